The van der Waals surface area contributed by atoms with Crippen molar-refractivity contribution in [3.63, 3.8) is 0 Å². The largest absolute Gasteiger partial charge is 0.264 e. The van der Waals surface area contributed by atoms with Crippen LogP contribution in [0, 0.1) is 0 Å². The first-order chi connectivity index (χ1) is 9.67. The molecule has 0 bridgehead atoms. The third-order valence-electron chi connectivity index (χ3n) is 3.99. The highest BCUT2D eigenvalue weighted by Gasteiger charge is 2.48. The van der Waals surface area contributed by atoms with E-state index in [1.807, 2.05) is 30.6 Å². The quantitative estimate of drug-likeness (QED) is 0.727. The maximum Gasteiger partial charge on any atom is 0.0496 e. The van der Waals surface area contributed by atoms with Crippen molar-refractivity contribution in [2.24, 2.45) is 0 Å². The van der Waals surface area contributed by atoms with Crippen LogP contribution in [-0.2, 0) is 5.41 Å². The van der Waals surface area contributed by atoms with Crippen LogP contribution in [-0.4, -0.2) is 4.98 Å². The van der Waals surface area contributed by atoms with Gasteiger partial charge in [0, 0.05) is 27.9 Å². The van der Waals surface area contributed by atoms with Crippen LogP contribution in [0.25, 0.3) is 5.57 Å². The lowest BCUT2D eigenvalue weighted by atomic mass is 9.84. The molecule has 3 rings (SSSR count). The number of aromatic nitrogens is 1. The van der Waals surface area contributed by atoms with Crippen LogP contribution in [0.15, 0.2) is 48.8 Å². The van der Waals surface area contributed by atoms with Crippen LogP contribution in [0.2, 0.25) is 10.0 Å². The van der Waals surface area contributed by atoms with Gasteiger partial charge in [-0.2, -0.15) is 0 Å². The first kappa shape index (κ1) is 13.7. The number of hydrogen-bond acceptors (Lipinski definition) is 1. The molecule has 1 saturated carbocycles. The molecular weight excluding hydrogens is 289 g/mol. The van der Waals surface area contributed by atoms with Crippen LogP contribution in [0.5, 0.6) is 0 Å². The first-order valence-corrected chi connectivity index (χ1v) is 7.46. The Hall–Kier alpha value is -1.31. The summed E-state index contributed by atoms with van der Waals surface area (Å²) in [4.78, 5) is 4.26. The van der Waals surface area contributed by atoms with E-state index in [4.69, 9.17) is 23.2 Å². The molecule has 1 aromatic carbocycles. The molecule has 102 valence electrons. The predicted molar refractivity (Wildman–Crippen MR) is 85.3 cm³/mol. The van der Waals surface area contributed by atoms with Gasteiger partial charge in [-0.15, -0.1) is 0 Å². The average Bonchev–Trinajstić information content (AvgIpc) is 3.25. The summed E-state index contributed by atoms with van der Waals surface area (Å²) in [7, 11) is 0. The summed E-state index contributed by atoms with van der Waals surface area (Å²) in [6, 6.07) is 9.85. The SMILES string of the molecule is CC=C(c1ccc(Cl)cc1Cl)C1(c2cccnc2)CC1. The lowest BCUT2D eigenvalue weighted by Crippen LogP contribution is -2.10. The monoisotopic (exact) mass is 303 g/mol. The summed E-state index contributed by atoms with van der Waals surface area (Å²) in [6.45, 7) is 2.07. The zero-order chi connectivity index (χ0) is 14.2. The van der Waals surface area contributed by atoms with Crippen LogP contribution < -0.4 is 0 Å². The second kappa shape index (κ2) is 5.23. The summed E-state index contributed by atoms with van der Waals surface area (Å²) in [6.07, 6.45) is 8.20. The molecule has 1 nitrogen and oxygen atoms in total. The molecule has 1 aliphatic rings. The van der Waals surface area contributed by atoms with E-state index in [0.29, 0.717) is 10.0 Å². The third-order valence-corrected chi connectivity index (χ3v) is 4.54. The first-order valence-electron chi connectivity index (χ1n) is 6.70. The number of rotatable bonds is 3. The molecule has 3 heteroatoms. The van der Waals surface area contributed by atoms with Gasteiger partial charge in [0.25, 0.3) is 0 Å². The van der Waals surface area contributed by atoms with Gasteiger partial charge >= 0.3 is 0 Å². The fraction of sp³-hybridized carbons (Fsp3) is 0.235. The van der Waals surface area contributed by atoms with Crippen molar-refractivity contribution in [3.8, 4) is 0 Å². The maximum atomic E-state index is 6.38. The Kier molecular flexibility index (Phi) is 3.57. The molecule has 0 amide bonds. The summed E-state index contributed by atoms with van der Waals surface area (Å²) in [5.41, 5.74) is 3.67. The smallest absolute Gasteiger partial charge is 0.0496 e. The van der Waals surface area contributed by atoms with Gasteiger partial charge in [0.2, 0.25) is 0 Å². The maximum absolute atomic E-state index is 6.38. The molecular formula is C17H15Cl2N. The summed E-state index contributed by atoms with van der Waals surface area (Å²) in [5, 5.41) is 1.38. The molecule has 0 radical (unpaired) electrons. The number of nitrogens with zero attached hydrogens (tertiary/aromatic N) is 1. The number of halogens is 2. The topological polar surface area (TPSA) is 12.9 Å². The van der Waals surface area contributed by atoms with Crippen molar-refractivity contribution in [2.45, 2.75) is 25.2 Å². The van der Waals surface area contributed by atoms with E-state index in [-0.39, 0.29) is 5.41 Å². The molecule has 0 atom stereocenters. The number of benzene rings is 1. The average molecular weight is 304 g/mol. The molecule has 0 unspecified atom stereocenters. The van der Waals surface area contributed by atoms with E-state index in [9.17, 15) is 0 Å². The van der Waals surface area contributed by atoms with Gasteiger partial charge in [0.1, 0.15) is 0 Å². The highest BCUT2D eigenvalue weighted by molar-refractivity contribution is 6.35. The summed E-state index contributed by atoms with van der Waals surface area (Å²) >= 11 is 12.4. The van der Waals surface area contributed by atoms with E-state index in [1.54, 1.807) is 6.07 Å². The fourth-order valence-electron chi connectivity index (χ4n) is 2.88. The Labute approximate surface area is 129 Å². The molecule has 2 aromatic rings. The van der Waals surface area contributed by atoms with Crippen molar-refractivity contribution >= 4 is 28.8 Å². The molecule has 1 heterocycles. The van der Waals surface area contributed by atoms with Gasteiger partial charge in [-0.05, 0) is 54.7 Å². The molecule has 0 aliphatic heterocycles. The van der Waals surface area contributed by atoms with Crippen molar-refractivity contribution in [2.75, 3.05) is 0 Å². The molecule has 0 spiro atoms. The highest BCUT2D eigenvalue weighted by atomic mass is 35.5. The van der Waals surface area contributed by atoms with Crippen molar-refractivity contribution in [1.29, 1.82) is 0 Å². The lowest BCUT2D eigenvalue weighted by molar-refractivity contribution is 0.902. The highest BCUT2D eigenvalue weighted by Crippen LogP contribution is 2.57. The Morgan fingerprint density at radius 2 is 2.05 bits per heavy atom. The number of pyridine rings is 1. The van der Waals surface area contributed by atoms with E-state index >= 15 is 0 Å². The Balaban J connectivity index is 2.08. The molecule has 1 aromatic heterocycles. The van der Waals surface area contributed by atoms with Gasteiger partial charge < -0.3 is 0 Å². The molecule has 1 aliphatic carbocycles. The predicted octanol–water partition coefficient (Wildman–Crippen LogP) is 5.52. The molecule has 20 heavy (non-hydrogen) atoms. The zero-order valence-electron chi connectivity index (χ0n) is 11.2. The minimum absolute atomic E-state index is 0.0699. The van der Waals surface area contributed by atoms with Crippen LogP contribution in [0.3, 0.4) is 0 Å². The van der Waals surface area contributed by atoms with Gasteiger partial charge in [-0.1, -0.05) is 41.4 Å². The van der Waals surface area contributed by atoms with Gasteiger partial charge in [0.05, 0.1) is 0 Å². The second-order valence-corrected chi connectivity index (χ2v) is 5.99. The van der Waals surface area contributed by atoms with Crippen molar-refractivity contribution in [1.82, 2.24) is 4.98 Å². The molecule has 1 fully saturated rings. The van der Waals surface area contributed by atoms with Crippen molar-refractivity contribution < 1.29 is 0 Å². The second-order valence-electron chi connectivity index (χ2n) is 5.15. The van der Waals surface area contributed by atoms with Gasteiger partial charge in [0.15, 0.2) is 0 Å². The van der Waals surface area contributed by atoms with Crippen LogP contribution >= 0.6 is 23.2 Å². The summed E-state index contributed by atoms with van der Waals surface area (Å²) in [5.74, 6) is 0. The van der Waals surface area contributed by atoms with Crippen molar-refractivity contribution in [3.05, 3.63) is 70.0 Å². The van der Waals surface area contributed by atoms with Crippen LogP contribution in [0.4, 0.5) is 0 Å². The Morgan fingerprint density at radius 1 is 1.25 bits per heavy atom. The fourth-order valence-corrected chi connectivity index (χ4v) is 3.39. The molecule has 0 saturated heterocycles. The van der Waals surface area contributed by atoms with Gasteiger partial charge in [-0.3, -0.25) is 4.98 Å². The normalized spacial score (nSPS) is 17.1. The number of hydrogen-bond donors (Lipinski definition) is 0. The third kappa shape index (κ3) is 2.25. The standard InChI is InChI=1S/C17H15Cl2N/c1-2-15(14-6-5-13(18)10-16(14)19)17(7-8-17)12-4-3-9-20-11-12/h2-6,9-11H,7-8H2,1H3. The minimum Gasteiger partial charge on any atom is -0.264 e. The van der Waals surface area contributed by atoms with Gasteiger partial charge in [-0.25, -0.2) is 0 Å². The molecule has 0 N–H and O–H groups in total. The Bertz CT molecular complexity index is 658. The van der Waals surface area contributed by atoms with Crippen LogP contribution in [0.1, 0.15) is 30.9 Å². The summed E-state index contributed by atoms with van der Waals surface area (Å²) < 4.78 is 0. The van der Waals surface area contributed by atoms with E-state index in [2.05, 4.69) is 24.1 Å². The lowest BCUT2D eigenvalue weighted by Gasteiger charge is -2.21. The Morgan fingerprint density at radius 3 is 2.60 bits per heavy atom. The van der Waals surface area contributed by atoms with E-state index < -0.39 is 0 Å². The van der Waals surface area contributed by atoms with E-state index in [0.717, 1.165) is 18.4 Å². The van der Waals surface area contributed by atoms with E-state index in [1.165, 1.54) is 11.1 Å². The zero-order valence-corrected chi connectivity index (χ0v) is 12.7. The minimum atomic E-state index is 0.0699. The number of allylic oxidation sites excluding steroid dienone is 2.